The van der Waals surface area contributed by atoms with E-state index in [1.807, 2.05) is 0 Å². The van der Waals surface area contributed by atoms with Crippen molar-refractivity contribution in [1.29, 1.82) is 0 Å². The van der Waals surface area contributed by atoms with E-state index < -0.39 is 0 Å². The number of hydrogen-bond donors (Lipinski definition) is 1. The Morgan fingerprint density at radius 3 is 2.94 bits per heavy atom. The van der Waals surface area contributed by atoms with Crippen LogP contribution in [0.5, 0.6) is 0 Å². The van der Waals surface area contributed by atoms with Crippen LogP contribution < -0.4 is 5.32 Å². The van der Waals surface area contributed by atoms with E-state index in [1.165, 1.54) is 35.5 Å². The van der Waals surface area contributed by atoms with Crippen molar-refractivity contribution in [2.75, 3.05) is 24.7 Å². The van der Waals surface area contributed by atoms with Crippen molar-refractivity contribution in [3.63, 3.8) is 0 Å². The van der Waals surface area contributed by atoms with Crippen molar-refractivity contribution in [2.45, 2.75) is 31.4 Å². The zero-order valence-electron chi connectivity index (χ0n) is 10.7. The van der Waals surface area contributed by atoms with Gasteiger partial charge in [-0.3, -0.25) is 0 Å². The van der Waals surface area contributed by atoms with E-state index in [1.54, 1.807) is 0 Å². The Morgan fingerprint density at radius 1 is 1.22 bits per heavy atom. The summed E-state index contributed by atoms with van der Waals surface area (Å²) in [6.45, 7) is 1.83. The van der Waals surface area contributed by atoms with Gasteiger partial charge in [0.25, 0.3) is 0 Å². The summed E-state index contributed by atoms with van der Waals surface area (Å²) in [5.74, 6) is 2.61. The number of thioether (sulfide) groups is 1. The van der Waals surface area contributed by atoms with Gasteiger partial charge in [0, 0.05) is 12.6 Å². The molecule has 0 aliphatic carbocycles. The lowest BCUT2D eigenvalue weighted by Crippen LogP contribution is -2.37. The van der Waals surface area contributed by atoms with Crippen LogP contribution in [0.15, 0.2) is 24.3 Å². The fourth-order valence-electron chi connectivity index (χ4n) is 2.82. The lowest BCUT2D eigenvalue weighted by atomic mass is 9.97. The smallest absolute Gasteiger partial charge is 0.0952 e. The van der Waals surface area contributed by atoms with Crippen molar-refractivity contribution in [3.05, 3.63) is 35.4 Å². The Hall–Kier alpha value is -0.510. The molecular formula is C15H21NOS. The topological polar surface area (TPSA) is 21.3 Å². The summed E-state index contributed by atoms with van der Waals surface area (Å²) in [6.07, 6.45) is 3.93. The third-order valence-corrected chi connectivity index (χ3v) is 4.95. The standard InChI is InChI=1S/C15H21NOS/c1-2-4-14-12(3-1)5-8-17-15(14)11-16-13-6-9-18-10-7-13/h1-4,13,15-16H,5-11H2. The maximum Gasteiger partial charge on any atom is 0.0952 e. The highest BCUT2D eigenvalue weighted by Gasteiger charge is 2.21. The van der Waals surface area contributed by atoms with Crippen molar-refractivity contribution in [3.8, 4) is 0 Å². The van der Waals surface area contributed by atoms with Gasteiger partial charge in [0.05, 0.1) is 12.7 Å². The van der Waals surface area contributed by atoms with E-state index >= 15 is 0 Å². The van der Waals surface area contributed by atoms with Gasteiger partial charge in [-0.2, -0.15) is 11.8 Å². The molecule has 3 rings (SSSR count). The highest BCUT2D eigenvalue weighted by molar-refractivity contribution is 7.99. The normalized spacial score (nSPS) is 24.8. The summed E-state index contributed by atoms with van der Waals surface area (Å²) in [6, 6.07) is 9.41. The minimum Gasteiger partial charge on any atom is -0.372 e. The zero-order chi connectivity index (χ0) is 12.2. The number of fused-ring (bicyclic) bond motifs is 1. The molecule has 0 spiro atoms. The van der Waals surface area contributed by atoms with E-state index in [-0.39, 0.29) is 6.10 Å². The highest BCUT2D eigenvalue weighted by atomic mass is 32.2. The predicted molar refractivity (Wildman–Crippen MR) is 77.2 cm³/mol. The van der Waals surface area contributed by atoms with Crippen LogP contribution >= 0.6 is 11.8 Å². The van der Waals surface area contributed by atoms with Gasteiger partial charge in [-0.05, 0) is 41.9 Å². The van der Waals surface area contributed by atoms with E-state index in [0.29, 0.717) is 6.04 Å². The molecule has 1 saturated heterocycles. The largest absolute Gasteiger partial charge is 0.372 e. The molecule has 0 radical (unpaired) electrons. The molecule has 1 aromatic rings. The maximum absolute atomic E-state index is 5.93. The van der Waals surface area contributed by atoms with Crippen LogP contribution in [0.1, 0.15) is 30.1 Å². The van der Waals surface area contributed by atoms with Crippen molar-refractivity contribution < 1.29 is 4.74 Å². The molecule has 1 aromatic carbocycles. The van der Waals surface area contributed by atoms with Crippen LogP contribution in [0.4, 0.5) is 0 Å². The van der Waals surface area contributed by atoms with Crippen LogP contribution in [0.2, 0.25) is 0 Å². The molecule has 98 valence electrons. The molecule has 2 heterocycles. The predicted octanol–water partition coefficient (Wildman–Crippen LogP) is 2.79. The summed E-state index contributed by atoms with van der Waals surface area (Å²) < 4.78 is 5.93. The minimum absolute atomic E-state index is 0.254. The lowest BCUT2D eigenvalue weighted by Gasteiger charge is -2.29. The molecule has 0 saturated carbocycles. The van der Waals surface area contributed by atoms with Crippen LogP contribution in [0.25, 0.3) is 0 Å². The quantitative estimate of drug-likeness (QED) is 0.906. The van der Waals surface area contributed by atoms with E-state index in [4.69, 9.17) is 4.74 Å². The Morgan fingerprint density at radius 2 is 2.06 bits per heavy atom. The maximum atomic E-state index is 5.93. The van der Waals surface area contributed by atoms with Gasteiger partial charge < -0.3 is 10.1 Å². The second-order valence-corrected chi connectivity index (χ2v) is 6.33. The molecule has 18 heavy (non-hydrogen) atoms. The third kappa shape index (κ3) is 2.90. The van der Waals surface area contributed by atoms with Crippen LogP contribution in [-0.2, 0) is 11.2 Å². The first-order valence-electron chi connectivity index (χ1n) is 6.94. The second-order valence-electron chi connectivity index (χ2n) is 5.10. The lowest BCUT2D eigenvalue weighted by molar-refractivity contribution is 0.0404. The summed E-state index contributed by atoms with van der Waals surface area (Å²) in [7, 11) is 0. The molecule has 2 aliphatic rings. The highest BCUT2D eigenvalue weighted by Crippen LogP contribution is 2.27. The number of benzene rings is 1. The number of ether oxygens (including phenoxy) is 1. The average molecular weight is 263 g/mol. The minimum atomic E-state index is 0.254. The molecule has 1 fully saturated rings. The van der Waals surface area contributed by atoms with Crippen molar-refractivity contribution in [1.82, 2.24) is 5.32 Å². The van der Waals surface area contributed by atoms with Gasteiger partial charge in [-0.25, -0.2) is 0 Å². The third-order valence-electron chi connectivity index (χ3n) is 3.91. The second kappa shape index (κ2) is 6.09. The van der Waals surface area contributed by atoms with Gasteiger partial charge in [0.1, 0.15) is 0 Å². The van der Waals surface area contributed by atoms with Crippen LogP contribution in [0.3, 0.4) is 0 Å². The van der Waals surface area contributed by atoms with Gasteiger partial charge >= 0.3 is 0 Å². The van der Waals surface area contributed by atoms with E-state index in [9.17, 15) is 0 Å². The number of hydrogen-bond acceptors (Lipinski definition) is 3. The van der Waals surface area contributed by atoms with Gasteiger partial charge in [0.2, 0.25) is 0 Å². The molecule has 1 N–H and O–H groups in total. The summed E-state index contributed by atoms with van der Waals surface area (Å²) >= 11 is 2.08. The number of rotatable bonds is 3. The van der Waals surface area contributed by atoms with Gasteiger partial charge in [-0.1, -0.05) is 24.3 Å². The summed E-state index contributed by atoms with van der Waals surface area (Å²) in [5.41, 5.74) is 2.86. The van der Waals surface area contributed by atoms with E-state index in [2.05, 4.69) is 41.3 Å². The summed E-state index contributed by atoms with van der Waals surface area (Å²) in [4.78, 5) is 0. The van der Waals surface area contributed by atoms with Crippen LogP contribution in [-0.4, -0.2) is 30.7 Å². The zero-order valence-corrected chi connectivity index (χ0v) is 11.5. The molecular weight excluding hydrogens is 242 g/mol. The monoisotopic (exact) mass is 263 g/mol. The Kier molecular flexibility index (Phi) is 4.24. The molecule has 2 nitrogen and oxygen atoms in total. The molecule has 2 aliphatic heterocycles. The van der Waals surface area contributed by atoms with Gasteiger partial charge in [-0.15, -0.1) is 0 Å². The Bertz CT molecular complexity index is 390. The van der Waals surface area contributed by atoms with E-state index in [0.717, 1.165) is 19.6 Å². The molecule has 3 heteroatoms. The number of nitrogens with one attached hydrogen (secondary N) is 1. The Labute approximate surface area is 113 Å². The molecule has 0 amide bonds. The van der Waals surface area contributed by atoms with Gasteiger partial charge in [0.15, 0.2) is 0 Å². The molecule has 1 atom stereocenters. The fourth-order valence-corrected chi connectivity index (χ4v) is 3.93. The average Bonchev–Trinajstić information content (AvgIpc) is 2.46. The SMILES string of the molecule is c1ccc2c(c1)CCOC2CNC1CCSCC1. The first-order valence-corrected chi connectivity index (χ1v) is 8.09. The molecule has 1 unspecified atom stereocenters. The Balaban J connectivity index is 1.60. The first kappa shape index (κ1) is 12.5. The van der Waals surface area contributed by atoms with Crippen molar-refractivity contribution >= 4 is 11.8 Å². The van der Waals surface area contributed by atoms with Crippen molar-refractivity contribution in [2.24, 2.45) is 0 Å². The fraction of sp³-hybridized carbons (Fsp3) is 0.600. The molecule has 0 aromatic heterocycles. The molecule has 0 bridgehead atoms. The summed E-state index contributed by atoms with van der Waals surface area (Å²) in [5, 5.41) is 3.69. The first-order chi connectivity index (χ1) is 8.93. The van der Waals surface area contributed by atoms with Crippen LogP contribution in [0, 0.1) is 0 Å².